The maximum absolute atomic E-state index is 11.9. The fraction of sp³-hybridized carbons (Fsp3) is 0.267. The van der Waals surface area contributed by atoms with Crippen molar-refractivity contribution in [1.29, 1.82) is 0 Å². The van der Waals surface area contributed by atoms with Gasteiger partial charge in [-0.3, -0.25) is 0 Å². The van der Waals surface area contributed by atoms with E-state index in [2.05, 4.69) is 5.32 Å². The molecular formula is C15H18N2O3. The highest BCUT2D eigenvalue weighted by Gasteiger charge is 2.12. The predicted octanol–water partition coefficient (Wildman–Crippen LogP) is 2.69. The van der Waals surface area contributed by atoms with Crippen LogP contribution in [0.3, 0.4) is 0 Å². The van der Waals surface area contributed by atoms with Crippen LogP contribution >= 0.6 is 0 Å². The number of hydrogen-bond acceptors (Lipinski definition) is 5. The Morgan fingerprint density at radius 3 is 2.95 bits per heavy atom. The molecule has 0 unspecified atom stereocenters. The molecule has 1 aromatic heterocycles. The lowest BCUT2D eigenvalue weighted by atomic mass is 10.1. The maximum atomic E-state index is 11.9. The van der Waals surface area contributed by atoms with Crippen molar-refractivity contribution in [2.45, 2.75) is 13.3 Å². The van der Waals surface area contributed by atoms with Crippen LogP contribution in [0.2, 0.25) is 0 Å². The normalized spacial score (nSPS) is 10.2. The van der Waals surface area contributed by atoms with Crippen molar-refractivity contribution in [3.8, 4) is 0 Å². The molecule has 2 rings (SSSR count). The smallest absolute Gasteiger partial charge is 0.340 e. The molecule has 20 heavy (non-hydrogen) atoms. The van der Waals surface area contributed by atoms with Gasteiger partial charge < -0.3 is 20.2 Å². The Bertz CT molecular complexity index is 565. The molecule has 0 atom stereocenters. The topological polar surface area (TPSA) is 77.5 Å². The number of esters is 1. The third kappa shape index (κ3) is 3.54. The van der Waals surface area contributed by atoms with E-state index in [9.17, 15) is 4.79 Å². The summed E-state index contributed by atoms with van der Waals surface area (Å²) in [6, 6.07) is 8.91. The lowest BCUT2D eigenvalue weighted by Gasteiger charge is -2.11. The number of ether oxygens (including phenoxy) is 1. The molecule has 106 valence electrons. The second kappa shape index (κ2) is 6.65. The van der Waals surface area contributed by atoms with Crippen LogP contribution < -0.4 is 11.1 Å². The van der Waals surface area contributed by atoms with Crippen LogP contribution in [0.25, 0.3) is 0 Å². The third-order valence-corrected chi connectivity index (χ3v) is 2.81. The number of anilines is 2. The Balaban J connectivity index is 2.04. The van der Waals surface area contributed by atoms with Crippen LogP contribution in [0, 0.1) is 0 Å². The molecule has 0 radical (unpaired) electrons. The fourth-order valence-corrected chi connectivity index (χ4v) is 1.87. The first kappa shape index (κ1) is 14.0. The fourth-order valence-electron chi connectivity index (χ4n) is 1.87. The van der Waals surface area contributed by atoms with E-state index in [1.807, 2.05) is 12.1 Å². The molecule has 2 aromatic rings. The van der Waals surface area contributed by atoms with Crippen molar-refractivity contribution in [1.82, 2.24) is 0 Å². The highest BCUT2D eigenvalue weighted by atomic mass is 16.5. The lowest BCUT2D eigenvalue weighted by molar-refractivity contribution is 0.0527. The highest BCUT2D eigenvalue weighted by Crippen LogP contribution is 2.20. The van der Waals surface area contributed by atoms with Crippen molar-refractivity contribution in [2.75, 3.05) is 24.2 Å². The number of furan rings is 1. The summed E-state index contributed by atoms with van der Waals surface area (Å²) in [6.45, 7) is 2.76. The quantitative estimate of drug-likeness (QED) is 0.625. The van der Waals surface area contributed by atoms with E-state index in [0.29, 0.717) is 30.1 Å². The number of nitrogen functional groups attached to an aromatic ring is 1. The minimum absolute atomic E-state index is 0.333. The number of nitrogens with one attached hydrogen (secondary N) is 1. The molecule has 0 aliphatic rings. The van der Waals surface area contributed by atoms with E-state index in [-0.39, 0.29) is 5.97 Å². The van der Waals surface area contributed by atoms with Gasteiger partial charge in [-0.1, -0.05) is 0 Å². The van der Waals surface area contributed by atoms with E-state index >= 15 is 0 Å². The van der Waals surface area contributed by atoms with Gasteiger partial charge in [0, 0.05) is 24.3 Å². The van der Waals surface area contributed by atoms with E-state index in [1.165, 1.54) is 0 Å². The number of carbonyl (C=O) groups excluding carboxylic acids is 1. The van der Waals surface area contributed by atoms with Crippen LogP contribution in [-0.2, 0) is 11.2 Å². The Morgan fingerprint density at radius 2 is 2.25 bits per heavy atom. The Morgan fingerprint density at radius 1 is 1.40 bits per heavy atom. The summed E-state index contributed by atoms with van der Waals surface area (Å²) >= 11 is 0. The van der Waals surface area contributed by atoms with E-state index in [4.69, 9.17) is 14.9 Å². The number of benzene rings is 1. The Labute approximate surface area is 117 Å². The van der Waals surface area contributed by atoms with Gasteiger partial charge in [-0.25, -0.2) is 4.79 Å². The summed E-state index contributed by atoms with van der Waals surface area (Å²) in [6.07, 6.45) is 2.38. The van der Waals surface area contributed by atoms with Gasteiger partial charge in [0.1, 0.15) is 5.76 Å². The van der Waals surface area contributed by atoms with Crippen molar-refractivity contribution in [3.63, 3.8) is 0 Å². The van der Waals surface area contributed by atoms with Gasteiger partial charge in [-0.15, -0.1) is 0 Å². The number of nitrogens with two attached hydrogens (primary N) is 1. The molecule has 0 amide bonds. The molecule has 1 heterocycles. The first-order valence-corrected chi connectivity index (χ1v) is 6.53. The van der Waals surface area contributed by atoms with E-state index in [1.54, 1.807) is 31.4 Å². The monoisotopic (exact) mass is 274 g/mol. The first-order chi connectivity index (χ1) is 9.70. The zero-order chi connectivity index (χ0) is 14.4. The molecule has 0 saturated heterocycles. The van der Waals surface area contributed by atoms with Gasteiger partial charge in [-0.2, -0.15) is 0 Å². The zero-order valence-corrected chi connectivity index (χ0v) is 11.4. The van der Waals surface area contributed by atoms with Crippen LogP contribution in [0.4, 0.5) is 11.4 Å². The predicted molar refractivity (Wildman–Crippen MR) is 77.7 cm³/mol. The Hall–Kier alpha value is -2.43. The molecule has 0 aliphatic carbocycles. The van der Waals surface area contributed by atoms with Crippen LogP contribution in [0.5, 0.6) is 0 Å². The van der Waals surface area contributed by atoms with Crippen molar-refractivity contribution in [3.05, 3.63) is 47.9 Å². The highest BCUT2D eigenvalue weighted by molar-refractivity contribution is 5.96. The van der Waals surface area contributed by atoms with Crippen molar-refractivity contribution < 1.29 is 13.9 Å². The summed E-state index contributed by atoms with van der Waals surface area (Å²) in [7, 11) is 0. The molecular weight excluding hydrogens is 256 g/mol. The minimum Gasteiger partial charge on any atom is -0.469 e. The summed E-state index contributed by atoms with van der Waals surface area (Å²) in [5, 5.41) is 3.20. The Kier molecular flexibility index (Phi) is 4.65. The van der Waals surface area contributed by atoms with Gasteiger partial charge >= 0.3 is 5.97 Å². The maximum Gasteiger partial charge on any atom is 0.340 e. The average molecular weight is 274 g/mol. The van der Waals surface area contributed by atoms with Gasteiger partial charge in [-0.05, 0) is 37.3 Å². The van der Waals surface area contributed by atoms with E-state index in [0.717, 1.165) is 12.2 Å². The van der Waals surface area contributed by atoms with E-state index < -0.39 is 0 Å². The molecule has 0 aliphatic heterocycles. The summed E-state index contributed by atoms with van der Waals surface area (Å²) in [4.78, 5) is 11.9. The van der Waals surface area contributed by atoms with Crippen LogP contribution in [-0.4, -0.2) is 19.1 Å². The molecule has 3 N–H and O–H groups in total. The van der Waals surface area contributed by atoms with Gasteiger partial charge in [0.2, 0.25) is 0 Å². The van der Waals surface area contributed by atoms with Gasteiger partial charge in [0.05, 0.1) is 18.4 Å². The summed E-state index contributed by atoms with van der Waals surface area (Å²) < 4.78 is 10.3. The molecule has 5 heteroatoms. The minimum atomic E-state index is -0.375. The van der Waals surface area contributed by atoms with Crippen molar-refractivity contribution >= 4 is 17.3 Å². The molecule has 0 saturated carbocycles. The molecule has 0 fully saturated rings. The van der Waals surface area contributed by atoms with Crippen LogP contribution in [0.15, 0.2) is 41.0 Å². The number of rotatable bonds is 6. The summed E-state index contributed by atoms with van der Waals surface area (Å²) in [5.41, 5.74) is 7.41. The average Bonchev–Trinajstić information content (AvgIpc) is 2.94. The summed E-state index contributed by atoms with van der Waals surface area (Å²) in [5.74, 6) is 0.519. The molecule has 5 nitrogen and oxygen atoms in total. The molecule has 1 aromatic carbocycles. The lowest BCUT2D eigenvalue weighted by Crippen LogP contribution is -2.12. The standard InChI is InChI=1S/C15H18N2O3/c1-2-19-15(18)13-10-11(16)5-6-14(13)17-8-7-12-4-3-9-20-12/h3-6,9-10,17H,2,7-8,16H2,1H3. The van der Waals surface area contributed by atoms with Gasteiger partial charge in [0.15, 0.2) is 0 Å². The SMILES string of the molecule is CCOC(=O)c1cc(N)ccc1NCCc1ccco1. The molecule has 0 spiro atoms. The second-order valence-corrected chi connectivity index (χ2v) is 4.28. The molecule has 0 bridgehead atoms. The number of carbonyl (C=O) groups is 1. The number of hydrogen-bond donors (Lipinski definition) is 2. The van der Waals surface area contributed by atoms with Gasteiger partial charge in [0.25, 0.3) is 0 Å². The second-order valence-electron chi connectivity index (χ2n) is 4.28. The largest absolute Gasteiger partial charge is 0.469 e. The van der Waals surface area contributed by atoms with Crippen molar-refractivity contribution in [2.24, 2.45) is 0 Å². The first-order valence-electron chi connectivity index (χ1n) is 6.53. The zero-order valence-electron chi connectivity index (χ0n) is 11.4. The van der Waals surface area contributed by atoms with Crippen LogP contribution in [0.1, 0.15) is 23.0 Å². The third-order valence-electron chi connectivity index (χ3n) is 2.81.